The summed E-state index contributed by atoms with van der Waals surface area (Å²) < 4.78 is 5.81. The van der Waals surface area contributed by atoms with Gasteiger partial charge < -0.3 is 10.2 Å². The minimum absolute atomic E-state index is 0.0266. The van der Waals surface area contributed by atoms with Crippen LogP contribution in [0.25, 0.3) is 11.0 Å². The molecule has 2 rings (SSSR count). The van der Waals surface area contributed by atoms with E-state index in [1.807, 2.05) is 54.5 Å². The van der Waals surface area contributed by atoms with E-state index in [1.165, 1.54) is 0 Å². The number of hydrogen-bond acceptors (Lipinski definition) is 4. The summed E-state index contributed by atoms with van der Waals surface area (Å²) in [7, 11) is 1.90. The highest BCUT2D eigenvalue weighted by Crippen LogP contribution is 2.26. The summed E-state index contributed by atoms with van der Waals surface area (Å²) in [6.07, 6.45) is 0.198. The van der Waals surface area contributed by atoms with E-state index in [9.17, 15) is 9.59 Å². The highest BCUT2D eigenvalue weighted by molar-refractivity contribution is 5.93. The number of rotatable bonds is 5. The van der Waals surface area contributed by atoms with Gasteiger partial charge in [0.2, 0.25) is 5.91 Å². The zero-order valence-electron chi connectivity index (χ0n) is 12.1. The third kappa shape index (κ3) is 3.82. The number of benzene rings is 1. The number of carbonyl (C=O) groups excluding carboxylic acids is 2. The number of hydrogen-bond donors (Lipinski definition) is 2. The van der Waals surface area contributed by atoms with Crippen LogP contribution in [0.15, 0.2) is 34.7 Å². The highest BCUT2D eigenvalue weighted by Gasteiger charge is 2.17. The second-order valence-electron chi connectivity index (χ2n) is 5.01. The van der Waals surface area contributed by atoms with Crippen LogP contribution in [0, 0.1) is 0 Å². The number of amides is 3. The predicted octanol–water partition coefficient (Wildman–Crippen LogP) is 2.01. The maximum atomic E-state index is 11.4. The van der Waals surface area contributed by atoms with Crippen molar-refractivity contribution in [3.05, 3.63) is 36.1 Å². The van der Waals surface area contributed by atoms with Gasteiger partial charge in [-0.1, -0.05) is 18.2 Å². The molecule has 0 aliphatic carbocycles. The summed E-state index contributed by atoms with van der Waals surface area (Å²) in [6.45, 7) is 2.50. The first kappa shape index (κ1) is 15.1. The fraction of sp³-hybridized carbons (Fsp3) is 0.333. The number of imide groups is 1. The van der Waals surface area contributed by atoms with Crippen LogP contribution in [-0.4, -0.2) is 30.4 Å². The SMILES string of the molecule is CC(c1cc2ccccc2o1)N(C)CCC(=O)NC(N)=O. The number of nitrogens with one attached hydrogen (secondary N) is 1. The molecule has 6 nitrogen and oxygen atoms in total. The third-order valence-corrected chi connectivity index (χ3v) is 3.47. The monoisotopic (exact) mass is 289 g/mol. The van der Waals surface area contributed by atoms with Crippen molar-refractivity contribution in [1.29, 1.82) is 0 Å². The maximum absolute atomic E-state index is 11.4. The molecule has 0 spiro atoms. The van der Waals surface area contributed by atoms with E-state index in [2.05, 4.69) is 0 Å². The van der Waals surface area contributed by atoms with E-state index >= 15 is 0 Å². The highest BCUT2D eigenvalue weighted by atomic mass is 16.3. The van der Waals surface area contributed by atoms with Crippen LogP contribution in [0.5, 0.6) is 0 Å². The Kier molecular flexibility index (Phi) is 4.59. The molecule has 1 heterocycles. The predicted molar refractivity (Wildman–Crippen MR) is 79.6 cm³/mol. The van der Waals surface area contributed by atoms with Gasteiger partial charge in [0.1, 0.15) is 11.3 Å². The molecule has 112 valence electrons. The number of carbonyl (C=O) groups is 2. The van der Waals surface area contributed by atoms with Crippen LogP contribution < -0.4 is 11.1 Å². The topological polar surface area (TPSA) is 88.6 Å². The first-order valence-electron chi connectivity index (χ1n) is 6.75. The lowest BCUT2D eigenvalue weighted by molar-refractivity contribution is -0.120. The number of nitrogens with two attached hydrogens (primary N) is 1. The van der Waals surface area contributed by atoms with Crippen LogP contribution in [0.2, 0.25) is 0 Å². The standard InChI is InChI=1S/C15H19N3O3/c1-10(18(2)8-7-14(19)17-15(16)20)13-9-11-5-3-4-6-12(11)21-13/h3-6,9-10H,7-8H2,1-2H3,(H3,16,17,19,20). The first-order chi connectivity index (χ1) is 9.97. The van der Waals surface area contributed by atoms with E-state index < -0.39 is 6.03 Å². The Morgan fingerprint density at radius 2 is 2.10 bits per heavy atom. The Hall–Kier alpha value is -2.34. The van der Waals surface area contributed by atoms with Gasteiger partial charge in [0.15, 0.2) is 0 Å². The number of urea groups is 1. The number of primary amides is 1. The second kappa shape index (κ2) is 6.41. The molecule has 0 aliphatic heterocycles. The molecule has 1 aromatic heterocycles. The molecular formula is C15H19N3O3. The summed E-state index contributed by atoms with van der Waals surface area (Å²) in [5, 5.41) is 3.10. The van der Waals surface area contributed by atoms with Crippen molar-refractivity contribution < 1.29 is 14.0 Å². The molecule has 2 aromatic rings. The average Bonchev–Trinajstić information content (AvgIpc) is 2.87. The third-order valence-electron chi connectivity index (χ3n) is 3.47. The van der Waals surface area contributed by atoms with Crippen LogP contribution >= 0.6 is 0 Å². The van der Waals surface area contributed by atoms with Gasteiger partial charge in [0.25, 0.3) is 0 Å². The molecule has 0 aliphatic rings. The van der Waals surface area contributed by atoms with Crippen LogP contribution in [0.1, 0.15) is 25.1 Å². The smallest absolute Gasteiger partial charge is 0.318 e. The van der Waals surface area contributed by atoms with Crippen LogP contribution in [-0.2, 0) is 4.79 Å². The summed E-state index contributed by atoms with van der Waals surface area (Å²) in [5.74, 6) is 0.458. The van der Waals surface area contributed by atoms with Crippen molar-refractivity contribution in [2.45, 2.75) is 19.4 Å². The number of furan rings is 1. The number of para-hydroxylation sites is 1. The maximum Gasteiger partial charge on any atom is 0.318 e. The molecule has 1 aromatic carbocycles. The Morgan fingerprint density at radius 3 is 2.76 bits per heavy atom. The van der Waals surface area contributed by atoms with Gasteiger partial charge in [-0.25, -0.2) is 4.79 Å². The molecule has 0 radical (unpaired) electrons. The summed E-state index contributed by atoms with van der Waals surface area (Å²) in [4.78, 5) is 24.0. The first-order valence-corrected chi connectivity index (χ1v) is 6.75. The fourth-order valence-corrected chi connectivity index (χ4v) is 2.10. The van der Waals surface area contributed by atoms with E-state index in [0.29, 0.717) is 6.54 Å². The quantitative estimate of drug-likeness (QED) is 0.881. The van der Waals surface area contributed by atoms with Crippen LogP contribution in [0.3, 0.4) is 0 Å². The van der Waals surface area contributed by atoms with Crippen molar-refractivity contribution in [3.63, 3.8) is 0 Å². The van der Waals surface area contributed by atoms with Crippen molar-refractivity contribution in [2.75, 3.05) is 13.6 Å². The molecule has 21 heavy (non-hydrogen) atoms. The molecule has 0 fully saturated rings. The molecule has 0 saturated heterocycles. The molecule has 0 saturated carbocycles. The van der Waals surface area contributed by atoms with E-state index in [0.717, 1.165) is 16.7 Å². The van der Waals surface area contributed by atoms with Crippen molar-refractivity contribution in [2.24, 2.45) is 5.73 Å². The Morgan fingerprint density at radius 1 is 1.38 bits per heavy atom. The minimum atomic E-state index is -0.826. The summed E-state index contributed by atoms with van der Waals surface area (Å²) in [5.41, 5.74) is 5.74. The lowest BCUT2D eigenvalue weighted by Gasteiger charge is -2.22. The minimum Gasteiger partial charge on any atom is -0.459 e. The van der Waals surface area contributed by atoms with Crippen molar-refractivity contribution >= 4 is 22.9 Å². The average molecular weight is 289 g/mol. The van der Waals surface area contributed by atoms with Gasteiger partial charge >= 0.3 is 6.03 Å². The van der Waals surface area contributed by atoms with Gasteiger partial charge in [0, 0.05) is 18.4 Å². The van der Waals surface area contributed by atoms with Crippen LogP contribution in [0.4, 0.5) is 4.79 Å². The molecule has 3 N–H and O–H groups in total. The normalized spacial score (nSPS) is 12.5. The van der Waals surface area contributed by atoms with Crippen molar-refractivity contribution in [1.82, 2.24) is 10.2 Å². The molecule has 0 bridgehead atoms. The second-order valence-corrected chi connectivity index (χ2v) is 5.01. The Balaban J connectivity index is 1.97. The van der Waals surface area contributed by atoms with Gasteiger partial charge in [0.05, 0.1) is 6.04 Å². The van der Waals surface area contributed by atoms with Gasteiger partial charge in [-0.05, 0) is 26.1 Å². The Labute approximate surface area is 122 Å². The zero-order valence-corrected chi connectivity index (χ0v) is 12.1. The van der Waals surface area contributed by atoms with Crippen molar-refractivity contribution in [3.8, 4) is 0 Å². The molecule has 1 unspecified atom stereocenters. The lowest BCUT2D eigenvalue weighted by atomic mass is 10.2. The van der Waals surface area contributed by atoms with Gasteiger partial charge in [-0.2, -0.15) is 0 Å². The number of nitrogens with zero attached hydrogens (tertiary/aromatic N) is 1. The molecule has 6 heteroatoms. The number of fused-ring (bicyclic) bond motifs is 1. The fourth-order valence-electron chi connectivity index (χ4n) is 2.10. The van der Waals surface area contributed by atoms with E-state index in [1.54, 1.807) is 0 Å². The van der Waals surface area contributed by atoms with Gasteiger partial charge in [-0.3, -0.25) is 15.0 Å². The Bertz CT molecular complexity index is 617. The zero-order chi connectivity index (χ0) is 15.4. The molecule has 1 atom stereocenters. The molecular weight excluding hydrogens is 270 g/mol. The van der Waals surface area contributed by atoms with Gasteiger partial charge in [-0.15, -0.1) is 0 Å². The van der Waals surface area contributed by atoms with E-state index in [-0.39, 0.29) is 18.4 Å². The summed E-state index contributed by atoms with van der Waals surface area (Å²) in [6, 6.07) is 9.01. The largest absolute Gasteiger partial charge is 0.459 e. The molecule has 3 amide bonds. The summed E-state index contributed by atoms with van der Waals surface area (Å²) >= 11 is 0. The van der Waals surface area contributed by atoms with E-state index in [4.69, 9.17) is 10.2 Å². The lowest BCUT2D eigenvalue weighted by Crippen LogP contribution is -2.37.